The van der Waals surface area contributed by atoms with Crippen molar-refractivity contribution in [1.82, 2.24) is 4.90 Å². The van der Waals surface area contributed by atoms with Crippen LogP contribution in [-0.2, 0) is 0 Å². The van der Waals surface area contributed by atoms with E-state index in [1.807, 2.05) is 30.0 Å². The van der Waals surface area contributed by atoms with Gasteiger partial charge in [-0.25, -0.2) is 0 Å². The predicted octanol–water partition coefficient (Wildman–Crippen LogP) is 3.60. The van der Waals surface area contributed by atoms with Crippen molar-refractivity contribution in [2.45, 2.75) is 25.1 Å². The van der Waals surface area contributed by atoms with E-state index in [4.69, 9.17) is 11.6 Å². The first-order valence-electron chi connectivity index (χ1n) is 5.78. The van der Waals surface area contributed by atoms with E-state index in [1.165, 1.54) is 0 Å². The number of carbonyl (C=O) groups is 1. The van der Waals surface area contributed by atoms with Gasteiger partial charge in [0.15, 0.2) is 0 Å². The van der Waals surface area contributed by atoms with E-state index in [2.05, 4.69) is 15.9 Å². The molecule has 4 heteroatoms. The first kappa shape index (κ1) is 12.9. The molecule has 1 heterocycles. The van der Waals surface area contributed by atoms with E-state index in [0.29, 0.717) is 0 Å². The molecule has 1 saturated heterocycles. The Morgan fingerprint density at radius 1 is 1.41 bits per heavy atom. The maximum atomic E-state index is 12.3. The van der Waals surface area contributed by atoms with Crippen molar-refractivity contribution in [2.24, 2.45) is 0 Å². The molecular formula is C13H15BrClNO. The maximum absolute atomic E-state index is 12.3. The van der Waals surface area contributed by atoms with E-state index in [0.717, 1.165) is 41.5 Å². The number of likely N-dealkylation sites (tertiary alicyclic amines) is 1. The lowest BCUT2D eigenvalue weighted by atomic mass is 10.1. The molecule has 1 amide bonds. The highest BCUT2D eigenvalue weighted by Gasteiger charge is 2.23. The van der Waals surface area contributed by atoms with Gasteiger partial charge in [-0.3, -0.25) is 4.79 Å². The Bertz CT molecular complexity index is 427. The SMILES string of the molecule is Cc1cccc(C(=O)N2CCC(Cl)CC2)c1Br. The second kappa shape index (κ2) is 5.40. The molecule has 0 saturated carbocycles. The van der Waals surface area contributed by atoms with Crippen LogP contribution < -0.4 is 0 Å². The van der Waals surface area contributed by atoms with Gasteiger partial charge in [-0.15, -0.1) is 11.6 Å². The molecule has 0 unspecified atom stereocenters. The standard InChI is InChI=1S/C13H15BrClNO/c1-9-3-2-4-11(12(9)14)13(17)16-7-5-10(15)6-8-16/h2-4,10H,5-8H2,1H3. The lowest BCUT2D eigenvalue weighted by Gasteiger charge is -2.29. The molecule has 1 aliphatic rings. The van der Waals surface area contributed by atoms with Crippen molar-refractivity contribution in [3.63, 3.8) is 0 Å². The fraction of sp³-hybridized carbons (Fsp3) is 0.462. The smallest absolute Gasteiger partial charge is 0.255 e. The number of nitrogens with zero attached hydrogens (tertiary/aromatic N) is 1. The summed E-state index contributed by atoms with van der Waals surface area (Å²) in [5.41, 5.74) is 1.83. The fourth-order valence-electron chi connectivity index (χ4n) is 2.03. The molecular weight excluding hydrogens is 302 g/mol. The Labute approximate surface area is 115 Å². The van der Waals surface area contributed by atoms with E-state index in [-0.39, 0.29) is 11.3 Å². The number of benzene rings is 1. The molecule has 92 valence electrons. The van der Waals surface area contributed by atoms with Crippen LogP contribution in [0.3, 0.4) is 0 Å². The van der Waals surface area contributed by atoms with Gasteiger partial charge in [-0.05, 0) is 47.3 Å². The predicted molar refractivity (Wildman–Crippen MR) is 73.7 cm³/mol. The normalized spacial score (nSPS) is 17.2. The van der Waals surface area contributed by atoms with E-state index < -0.39 is 0 Å². The molecule has 1 aliphatic heterocycles. The highest BCUT2D eigenvalue weighted by molar-refractivity contribution is 9.10. The Morgan fingerprint density at radius 2 is 2.06 bits per heavy atom. The summed E-state index contributed by atoms with van der Waals surface area (Å²) >= 11 is 9.53. The van der Waals surface area contributed by atoms with Crippen molar-refractivity contribution in [3.8, 4) is 0 Å². The van der Waals surface area contributed by atoms with Crippen LogP contribution in [0.5, 0.6) is 0 Å². The van der Waals surface area contributed by atoms with Crippen LogP contribution in [0, 0.1) is 6.92 Å². The summed E-state index contributed by atoms with van der Waals surface area (Å²) < 4.78 is 0.901. The maximum Gasteiger partial charge on any atom is 0.255 e. The van der Waals surface area contributed by atoms with Crippen molar-refractivity contribution < 1.29 is 4.79 Å². The zero-order valence-electron chi connectivity index (χ0n) is 9.75. The van der Waals surface area contributed by atoms with Crippen LogP contribution in [0.25, 0.3) is 0 Å². The van der Waals surface area contributed by atoms with Crippen LogP contribution in [0.15, 0.2) is 22.7 Å². The first-order chi connectivity index (χ1) is 8.09. The van der Waals surface area contributed by atoms with E-state index >= 15 is 0 Å². The Morgan fingerprint density at radius 3 is 2.71 bits per heavy atom. The molecule has 1 aromatic rings. The van der Waals surface area contributed by atoms with Crippen LogP contribution in [0.2, 0.25) is 0 Å². The second-order valence-electron chi connectivity index (χ2n) is 4.40. The lowest BCUT2D eigenvalue weighted by Crippen LogP contribution is -2.39. The second-order valence-corrected chi connectivity index (χ2v) is 5.81. The topological polar surface area (TPSA) is 20.3 Å². The Kier molecular flexibility index (Phi) is 4.10. The summed E-state index contributed by atoms with van der Waals surface area (Å²) in [5, 5.41) is 0.222. The van der Waals surface area contributed by atoms with Gasteiger partial charge in [0.1, 0.15) is 0 Å². The number of amides is 1. The van der Waals surface area contributed by atoms with E-state index in [9.17, 15) is 4.79 Å². The van der Waals surface area contributed by atoms with Gasteiger partial charge >= 0.3 is 0 Å². The summed E-state index contributed by atoms with van der Waals surface area (Å²) in [6.07, 6.45) is 1.77. The highest BCUT2D eigenvalue weighted by Crippen LogP contribution is 2.24. The Balaban J connectivity index is 2.17. The summed E-state index contributed by atoms with van der Waals surface area (Å²) in [7, 11) is 0. The molecule has 1 aromatic carbocycles. The molecule has 0 atom stereocenters. The number of halogens is 2. The van der Waals surface area contributed by atoms with Crippen LogP contribution >= 0.6 is 27.5 Å². The van der Waals surface area contributed by atoms with Crippen molar-refractivity contribution in [3.05, 3.63) is 33.8 Å². The molecule has 0 N–H and O–H groups in total. The summed E-state index contributed by atoms with van der Waals surface area (Å²) in [5.74, 6) is 0.101. The van der Waals surface area contributed by atoms with Crippen LogP contribution in [0.4, 0.5) is 0 Å². The molecule has 2 rings (SSSR count). The highest BCUT2D eigenvalue weighted by atomic mass is 79.9. The van der Waals surface area contributed by atoms with Gasteiger partial charge in [0, 0.05) is 22.9 Å². The van der Waals surface area contributed by atoms with Gasteiger partial charge in [-0.2, -0.15) is 0 Å². The molecule has 1 fully saturated rings. The summed E-state index contributed by atoms with van der Waals surface area (Å²) in [6, 6.07) is 5.78. The molecule has 0 spiro atoms. The minimum atomic E-state index is 0.101. The van der Waals surface area contributed by atoms with E-state index in [1.54, 1.807) is 0 Å². The van der Waals surface area contributed by atoms with Gasteiger partial charge < -0.3 is 4.90 Å². The number of piperidine rings is 1. The van der Waals surface area contributed by atoms with Gasteiger partial charge in [0.2, 0.25) is 0 Å². The average Bonchev–Trinajstić information content (AvgIpc) is 2.33. The number of carbonyl (C=O) groups excluding carboxylic acids is 1. The zero-order chi connectivity index (χ0) is 12.4. The number of aryl methyl sites for hydroxylation is 1. The summed E-state index contributed by atoms with van der Waals surface area (Å²) in [4.78, 5) is 14.2. The monoisotopic (exact) mass is 315 g/mol. The lowest BCUT2D eigenvalue weighted by molar-refractivity contribution is 0.0725. The molecule has 0 aliphatic carbocycles. The number of hydrogen-bond donors (Lipinski definition) is 0. The van der Waals surface area contributed by atoms with Gasteiger partial charge in [0.25, 0.3) is 5.91 Å². The fourth-order valence-corrected chi connectivity index (χ4v) is 2.66. The Hall–Kier alpha value is -0.540. The molecule has 17 heavy (non-hydrogen) atoms. The quantitative estimate of drug-likeness (QED) is 0.725. The molecule has 0 bridgehead atoms. The van der Waals surface area contributed by atoms with Crippen LogP contribution in [-0.4, -0.2) is 29.3 Å². The molecule has 0 radical (unpaired) electrons. The first-order valence-corrected chi connectivity index (χ1v) is 7.01. The molecule has 2 nitrogen and oxygen atoms in total. The molecule has 0 aromatic heterocycles. The van der Waals surface area contributed by atoms with Crippen molar-refractivity contribution in [2.75, 3.05) is 13.1 Å². The van der Waals surface area contributed by atoms with Crippen LogP contribution in [0.1, 0.15) is 28.8 Å². The largest absolute Gasteiger partial charge is 0.339 e. The summed E-state index contributed by atoms with van der Waals surface area (Å²) in [6.45, 7) is 3.51. The van der Waals surface area contributed by atoms with Crippen molar-refractivity contribution >= 4 is 33.4 Å². The minimum absolute atomic E-state index is 0.101. The minimum Gasteiger partial charge on any atom is -0.339 e. The third-order valence-electron chi connectivity index (χ3n) is 3.13. The van der Waals surface area contributed by atoms with Gasteiger partial charge in [-0.1, -0.05) is 12.1 Å². The van der Waals surface area contributed by atoms with Gasteiger partial charge in [0.05, 0.1) is 5.56 Å². The number of hydrogen-bond acceptors (Lipinski definition) is 1. The third-order valence-corrected chi connectivity index (χ3v) is 4.62. The third kappa shape index (κ3) is 2.83. The van der Waals surface area contributed by atoms with Crippen molar-refractivity contribution in [1.29, 1.82) is 0 Å². The number of alkyl halides is 1. The number of rotatable bonds is 1. The average molecular weight is 317 g/mol. The zero-order valence-corrected chi connectivity index (χ0v) is 12.1.